The number of nitrogens with one attached hydrogen (secondary N) is 1. The van der Waals surface area contributed by atoms with Crippen LogP contribution in [0.5, 0.6) is 0 Å². The van der Waals surface area contributed by atoms with E-state index in [0.29, 0.717) is 16.5 Å². The maximum Gasteiger partial charge on any atom is 0.168 e. The molecule has 0 aliphatic heterocycles. The summed E-state index contributed by atoms with van der Waals surface area (Å²) in [5.74, 6) is 0.667. The summed E-state index contributed by atoms with van der Waals surface area (Å²) in [7, 11) is 0. The lowest BCUT2D eigenvalue weighted by Gasteiger charge is -2.14. The van der Waals surface area contributed by atoms with E-state index in [1.165, 1.54) is 6.33 Å². The van der Waals surface area contributed by atoms with Crippen molar-refractivity contribution in [3.05, 3.63) is 41.3 Å². The fraction of sp³-hybridized carbons (Fsp3) is 0.312. The van der Waals surface area contributed by atoms with Crippen molar-refractivity contribution in [3.63, 3.8) is 0 Å². The van der Waals surface area contributed by atoms with Crippen molar-refractivity contribution in [2.45, 2.75) is 26.3 Å². The number of nitrogens with zero attached hydrogens (tertiary/aromatic N) is 4. The zero-order valence-electron chi connectivity index (χ0n) is 13.0. The quantitative estimate of drug-likeness (QED) is 0.751. The molecule has 3 aromatic rings. The molecule has 0 aliphatic carbocycles. The zero-order valence-corrected chi connectivity index (χ0v) is 13.7. The standard InChI is InChI=1S/C16H18ClN5O/c1-3-11(8-23)21-15-13-7-20-22(16(13)19-9-18-15)12-5-4-10(2)14(17)6-12/h4-7,9,11,23H,3,8H2,1-2H3,(H,18,19,21). The minimum Gasteiger partial charge on any atom is -0.394 e. The van der Waals surface area contributed by atoms with E-state index in [-0.39, 0.29) is 12.6 Å². The first kappa shape index (κ1) is 15.7. The van der Waals surface area contributed by atoms with Gasteiger partial charge in [-0.05, 0) is 31.0 Å². The molecule has 2 N–H and O–H groups in total. The van der Waals surface area contributed by atoms with Crippen molar-refractivity contribution in [1.82, 2.24) is 19.7 Å². The largest absolute Gasteiger partial charge is 0.394 e. The summed E-state index contributed by atoms with van der Waals surface area (Å²) in [5, 5.41) is 18.5. The number of fused-ring (bicyclic) bond motifs is 1. The summed E-state index contributed by atoms with van der Waals surface area (Å²) in [6.45, 7) is 4.00. The Hall–Kier alpha value is -2.18. The topological polar surface area (TPSA) is 75.9 Å². The van der Waals surface area contributed by atoms with Gasteiger partial charge in [0.05, 0.1) is 29.9 Å². The molecule has 0 spiro atoms. The van der Waals surface area contributed by atoms with Crippen LogP contribution in [0.3, 0.4) is 0 Å². The van der Waals surface area contributed by atoms with Gasteiger partial charge in [-0.15, -0.1) is 0 Å². The first-order valence-electron chi connectivity index (χ1n) is 7.46. The molecule has 0 saturated heterocycles. The van der Waals surface area contributed by atoms with E-state index in [1.54, 1.807) is 10.9 Å². The second-order valence-electron chi connectivity index (χ2n) is 5.38. The lowest BCUT2D eigenvalue weighted by molar-refractivity contribution is 0.271. The minimum absolute atomic E-state index is 0.0453. The number of hydrogen-bond donors (Lipinski definition) is 2. The number of aliphatic hydroxyl groups is 1. The molecule has 0 amide bonds. The van der Waals surface area contributed by atoms with E-state index in [1.807, 2.05) is 32.0 Å². The van der Waals surface area contributed by atoms with Gasteiger partial charge in [0.15, 0.2) is 5.65 Å². The highest BCUT2D eigenvalue weighted by atomic mass is 35.5. The van der Waals surface area contributed by atoms with Crippen LogP contribution in [0.4, 0.5) is 5.82 Å². The molecule has 120 valence electrons. The van der Waals surface area contributed by atoms with Crippen molar-refractivity contribution in [3.8, 4) is 5.69 Å². The van der Waals surface area contributed by atoms with Crippen LogP contribution in [0.1, 0.15) is 18.9 Å². The molecule has 1 unspecified atom stereocenters. The second-order valence-corrected chi connectivity index (χ2v) is 5.79. The summed E-state index contributed by atoms with van der Waals surface area (Å²) in [5.41, 5.74) is 2.54. The van der Waals surface area contributed by atoms with Crippen molar-refractivity contribution >= 4 is 28.5 Å². The number of rotatable bonds is 5. The van der Waals surface area contributed by atoms with Gasteiger partial charge in [-0.1, -0.05) is 24.6 Å². The monoisotopic (exact) mass is 331 g/mol. The van der Waals surface area contributed by atoms with E-state index in [2.05, 4.69) is 20.4 Å². The van der Waals surface area contributed by atoms with Crippen molar-refractivity contribution in [2.75, 3.05) is 11.9 Å². The Bertz CT molecular complexity index is 828. The Morgan fingerprint density at radius 2 is 2.17 bits per heavy atom. The van der Waals surface area contributed by atoms with E-state index in [4.69, 9.17) is 11.6 Å². The molecule has 1 aromatic carbocycles. The first-order chi connectivity index (χ1) is 11.1. The number of anilines is 1. The number of aliphatic hydroxyl groups excluding tert-OH is 1. The number of aryl methyl sites for hydroxylation is 1. The van der Waals surface area contributed by atoms with Gasteiger partial charge >= 0.3 is 0 Å². The van der Waals surface area contributed by atoms with Gasteiger partial charge < -0.3 is 10.4 Å². The molecule has 7 heteroatoms. The van der Waals surface area contributed by atoms with Crippen LogP contribution in [-0.4, -0.2) is 37.5 Å². The molecule has 1 atom stereocenters. The van der Waals surface area contributed by atoms with Gasteiger partial charge in [0.2, 0.25) is 0 Å². The van der Waals surface area contributed by atoms with E-state index >= 15 is 0 Å². The molecule has 0 fully saturated rings. The summed E-state index contributed by atoms with van der Waals surface area (Å²) in [6.07, 6.45) is 4.00. The highest BCUT2D eigenvalue weighted by molar-refractivity contribution is 6.31. The molecule has 0 saturated carbocycles. The molecule has 23 heavy (non-hydrogen) atoms. The Balaban J connectivity index is 2.05. The third-order valence-corrected chi connectivity index (χ3v) is 4.23. The lowest BCUT2D eigenvalue weighted by atomic mass is 10.2. The fourth-order valence-electron chi connectivity index (χ4n) is 2.33. The van der Waals surface area contributed by atoms with Crippen LogP contribution >= 0.6 is 11.6 Å². The molecule has 0 radical (unpaired) electrons. The van der Waals surface area contributed by atoms with Gasteiger partial charge in [-0.2, -0.15) is 5.10 Å². The molecule has 6 nitrogen and oxygen atoms in total. The normalized spacial score (nSPS) is 12.5. The van der Waals surface area contributed by atoms with E-state index in [0.717, 1.165) is 23.1 Å². The second kappa shape index (κ2) is 6.52. The predicted octanol–water partition coefficient (Wildman–Crippen LogP) is 2.96. The van der Waals surface area contributed by atoms with E-state index < -0.39 is 0 Å². The van der Waals surface area contributed by atoms with Crippen LogP contribution in [-0.2, 0) is 0 Å². The van der Waals surface area contributed by atoms with Crippen LogP contribution in [0.25, 0.3) is 16.7 Å². The highest BCUT2D eigenvalue weighted by Crippen LogP contribution is 2.25. The average molecular weight is 332 g/mol. The Labute approximate surface area is 139 Å². The van der Waals surface area contributed by atoms with Crippen molar-refractivity contribution < 1.29 is 5.11 Å². The maximum atomic E-state index is 9.36. The maximum absolute atomic E-state index is 9.36. The van der Waals surface area contributed by atoms with Crippen LogP contribution < -0.4 is 5.32 Å². The minimum atomic E-state index is -0.0507. The fourth-order valence-corrected chi connectivity index (χ4v) is 2.51. The van der Waals surface area contributed by atoms with Gasteiger partial charge in [-0.3, -0.25) is 0 Å². The third kappa shape index (κ3) is 3.00. The summed E-state index contributed by atoms with van der Waals surface area (Å²) < 4.78 is 1.73. The number of halogens is 1. The first-order valence-corrected chi connectivity index (χ1v) is 7.84. The Morgan fingerprint density at radius 3 is 2.87 bits per heavy atom. The highest BCUT2D eigenvalue weighted by Gasteiger charge is 2.14. The van der Waals surface area contributed by atoms with Crippen LogP contribution in [0.15, 0.2) is 30.7 Å². The van der Waals surface area contributed by atoms with Crippen LogP contribution in [0, 0.1) is 6.92 Å². The molecular formula is C16H18ClN5O. The number of benzene rings is 1. The molecule has 2 heterocycles. The molecule has 0 bridgehead atoms. The van der Waals surface area contributed by atoms with Crippen molar-refractivity contribution in [2.24, 2.45) is 0 Å². The lowest BCUT2D eigenvalue weighted by Crippen LogP contribution is -2.23. The van der Waals surface area contributed by atoms with Crippen LogP contribution in [0.2, 0.25) is 5.02 Å². The predicted molar refractivity (Wildman–Crippen MR) is 91.2 cm³/mol. The molecule has 3 rings (SSSR count). The summed E-state index contributed by atoms with van der Waals surface area (Å²) in [6, 6.07) is 5.71. The number of hydrogen-bond acceptors (Lipinski definition) is 5. The van der Waals surface area contributed by atoms with E-state index in [9.17, 15) is 5.11 Å². The zero-order chi connectivity index (χ0) is 16.4. The SMILES string of the molecule is CCC(CO)Nc1ncnc2c1cnn2-c1ccc(C)c(Cl)c1. The smallest absolute Gasteiger partial charge is 0.168 e. The Kier molecular flexibility index (Phi) is 4.45. The number of aromatic nitrogens is 4. The molecular weight excluding hydrogens is 314 g/mol. The van der Waals surface area contributed by atoms with Gasteiger partial charge in [-0.25, -0.2) is 14.6 Å². The van der Waals surface area contributed by atoms with Gasteiger partial charge in [0.1, 0.15) is 12.1 Å². The summed E-state index contributed by atoms with van der Waals surface area (Å²) in [4.78, 5) is 8.60. The van der Waals surface area contributed by atoms with Gasteiger partial charge in [0.25, 0.3) is 0 Å². The third-order valence-electron chi connectivity index (χ3n) is 3.82. The summed E-state index contributed by atoms with van der Waals surface area (Å²) >= 11 is 6.21. The van der Waals surface area contributed by atoms with Crippen molar-refractivity contribution in [1.29, 1.82) is 0 Å². The van der Waals surface area contributed by atoms with Gasteiger partial charge in [0, 0.05) is 5.02 Å². The Morgan fingerprint density at radius 1 is 1.35 bits per heavy atom. The molecule has 0 aliphatic rings. The average Bonchev–Trinajstić information content (AvgIpc) is 3.00. The molecule has 2 aromatic heterocycles.